The lowest BCUT2D eigenvalue weighted by Gasteiger charge is -2.13. The lowest BCUT2D eigenvalue weighted by molar-refractivity contribution is 0.103. The van der Waals surface area contributed by atoms with Gasteiger partial charge in [-0.05, 0) is 49.4 Å². The summed E-state index contributed by atoms with van der Waals surface area (Å²) >= 11 is 1.56. The molecule has 2 N–H and O–H groups in total. The first kappa shape index (κ1) is 14.9. The number of nitrogen functional groups attached to an aromatic ring is 1. The molecular formula is C17H19NO3S. The normalized spacial score (nSPS) is 13.5. The second-order valence-corrected chi connectivity index (χ2v) is 6.49. The minimum absolute atomic E-state index is 0.0298. The molecule has 5 heteroatoms. The number of methoxy groups -OCH3 is 2. The van der Waals surface area contributed by atoms with Crippen LogP contribution < -0.4 is 15.2 Å². The fourth-order valence-corrected chi connectivity index (χ4v) is 4.12. The average Bonchev–Trinajstić information content (AvgIpc) is 2.89. The number of hydrogen-bond donors (Lipinski definition) is 1. The van der Waals surface area contributed by atoms with Crippen LogP contribution in [0.15, 0.2) is 18.2 Å². The molecule has 0 spiro atoms. The highest BCUT2D eigenvalue weighted by Gasteiger charge is 2.25. The molecule has 22 heavy (non-hydrogen) atoms. The number of rotatable bonds is 4. The zero-order valence-corrected chi connectivity index (χ0v) is 13.6. The van der Waals surface area contributed by atoms with Crippen LogP contribution in [-0.4, -0.2) is 20.0 Å². The Morgan fingerprint density at radius 3 is 2.59 bits per heavy atom. The number of benzene rings is 1. The monoisotopic (exact) mass is 317 g/mol. The summed E-state index contributed by atoms with van der Waals surface area (Å²) < 4.78 is 10.5. The van der Waals surface area contributed by atoms with Gasteiger partial charge in [-0.2, -0.15) is 0 Å². The summed E-state index contributed by atoms with van der Waals surface area (Å²) in [5.41, 5.74) is 8.54. The molecule has 0 saturated heterocycles. The molecule has 1 heterocycles. The van der Waals surface area contributed by atoms with E-state index in [-0.39, 0.29) is 5.78 Å². The molecule has 0 radical (unpaired) electrons. The number of ether oxygens (including phenoxy) is 2. The second-order valence-electron chi connectivity index (χ2n) is 5.35. The topological polar surface area (TPSA) is 61.5 Å². The van der Waals surface area contributed by atoms with Gasteiger partial charge in [0.05, 0.1) is 24.8 Å². The first-order chi connectivity index (χ1) is 10.7. The van der Waals surface area contributed by atoms with Gasteiger partial charge in [0.15, 0.2) is 17.3 Å². The minimum Gasteiger partial charge on any atom is -0.493 e. The molecule has 0 aliphatic heterocycles. The number of nitrogens with two attached hydrogens (primary N) is 1. The summed E-state index contributed by atoms with van der Waals surface area (Å²) in [6, 6.07) is 5.23. The van der Waals surface area contributed by atoms with E-state index >= 15 is 0 Å². The third-order valence-electron chi connectivity index (χ3n) is 4.07. The molecule has 4 nitrogen and oxygen atoms in total. The lowest BCUT2D eigenvalue weighted by atomic mass is 9.92. The van der Waals surface area contributed by atoms with E-state index in [0.29, 0.717) is 27.6 Å². The van der Waals surface area contributed by atoms with Crippen molar-refractivity contribution in [3.8, 4) is 11.5 Å². The molecule has 0 atom stereocenters. The van der Waals surface area contributed by atoms with Crippen molar-refractivity contribution in [2.75, 3.05) is 20.0 Å². The smallest absolute Gasteiger partial charge is 0.196 e. The quantitative estimate of drug-likeness (QED) is 0.877. The number of aryl methyl sites for hydroxylation is 1. The van der Waals surface area contributed by atoms with Gasteiger partial charge in [0.1, 0.15) is 0 Å². The molecular weight excluding hydrogens is 298 g/mol. The Hall–Kier alpha value is -2.01. The molecule has 0 fully saturated rings. The third-order valence-corrected chi connectivity index (χ3v) is 5.19. The van der Waals surface area contributed by atoms with Crippen LogP contribution in [0.5, 0.6) is 11.5 Å². The molecule has 1 aliphatic rings. The van der Waals surface area contributed by atoms with Crippen LogP contribution in [0.4, 0.5) is 5.00 Å². The highest BCUT2D eigenvalue weighted by Crippen LogP contribution is 2.38. The van der Waals surface area contributed by atoms with Crippen LogP contribution in [0.25, 0.3) is 0 Å². The third kappa shape index (κ3) is 2.46. The fraction of sp³-hybridized carbons (Fsp3) is 0.353. The number of carbonyl (C=O) groups excluding carboxylic acids is 1. The Morgan fingerprint density at radius 2 is 1.86 bits per heavy atom. The molecule has 1 aromatic heterocycles. The number of thiophene rings is 1. The molecule has 116 valence electrons. The first-order valence-electron chi connectivity index (χ1n) is 7.32. The van der Waals surface area contributed by atoms with Crippen molar-refractivity contribution in [1.29, 1.82) is 0 Å². The summed E-state index contributed by atoms with van der Waals surface area (Å²) in [6.45, 7) is 0. The molecule has 3 rings (SSSR count). The molecule has 1 aromatic carbocycles. The molecule has 0 saturated carbocycles. The Bertz CT molecular complexity index is 721. The summed E-state index contributed by atoms with van der Waals surface area (Å²) in [5, 5.41) is 0.631. The van der Waals surface area contributed by atoms with Crippen molar-refractivity contribution in [1.82, 2.24) is 0 Å². The van der Waals surface area contributed by atoms with Gasteiger partial charge < -0.3 is 15.2 Å². The van der Waals surface area contributed by atoms with Gasteiger partial charge in [-0.1, -0.05) is 0 Å². The van der Waals surface area contributed by atoms with Crippen molar-refractivity contribution in [2.24, 2.45) is 0 Å². The van der Waals surface area contributed by atoms with Crippen molar-refractivity contribution < 1.29 is 14.3 Å². The van der Waals surface area contributed by atoms with E-state index in [2.05, 4.69) is 0 Å². The largest absolute Gasteiger partial charge is 0.493 e. The van der Waals surface area contributed by atoms with Crippen molar-refractivity contribution >= 4 is 22.1 Å². The van der Waals surface area contributed by atoms with Gasteiger partial charge in [0.25, 0.3) is 0 Å². The number of hydrogen-bond acceptors (Lipinski definition) is 5. The van der Waals surface area contributed by atoms with E-state index in [1.165, 1.54) is 11.3 Å². The van der Waals surface area contributed by atoms with Crippen molar-refractivity contribution in [3.05, 3.63) is 39.8 Å². The van der Waals surface area contributed by atoms with E-state index in [1.807, 2.05) is 0 Å². The Kier molecular flexibility index (Phi) is 4.07. The zero-order chi connectivity index (χ0) is 15.7. The Morgan fingerprint density at radius 1 is 1.14 bits per heavy atom. The molecule has 2 aromatic rings. The highest BCUT2D eigenvalue weighted by atomic mass is 32.1. The summed E-state index contributed by atoms with van der Waals surface area (Å²) in [7, 11) is 3.14. The lowest BCUT2D eigenvalue weighted by Crippen LogP contribution is -2.09. The van der Waals surface area contributed by atoms with Crippen LogP contribution >= 0.6 is 11.3 Å². The zero-order valence-electron chi connectivity index (χ0n) is 12.8. The van der Waals surface area contributed by atoms with Gasteiger partial charge in [-0.25, -0.2) is 0 Å². The summed E-state index contributed by atoms with van der Waals surface area (Å²) in [6.07, 6.45) is 4.27. The van der Waals surface area contributed by atoms with Crippen LogP contribution in [0.1, 0.15) is 39.2 Å². The first-order valence-corrected chi connectivity index (χ1v) is 8.14. The van der Waals surface area contributed by atoms with Gasteiger partial charge in [0.2, 0.25) is 0 Å². The van der Waals surface area contributed by atoms with Crippen LogP contribution in [0.3, 0.4) is 0 Å². The number of fused-ring (bicyclic) bond motifs is 1. The minimum atomic E-state index is -0.0298. The molecule has 0 unspecified atom stereocenters. The summed E-state index contributed by atoms with van der Waals surface area (Å²) in [5.74, 6) is 1.13. The predicted octanol–water partition coefficient (Wildman–Crippen LogP) is 3.46. The number of carbonyl (C=O) groups is 1. The Balaban J connectivity index is 2.03. The van der Waals surface area contributed by atoms with Crippen molar-refractivity contribution in [2.45, 2.75) is 25.7 Å². The van der Waals surface area contributed by atoms with E-state index in [0.717, 1.165) is 24.8 Å². The molecule has 0 amide bonds. The maximum absolute atomic E-state index is 12.9. The van der Waals surface area contributed by atoms with E-state index in [9.17, 15) is 4.79 Å². The van der Waals surface area contributed by atoms with Crippen LogP contribution in [-0.2, 0) is 12.8 Å². The number of anilines is 1. The fourth-order valence-electron chi connectivity index (χ4n) is 2.96. The van der Waals surface area contributed by atoms with E-state index < -0.39 is 0 Å². The van der Waals surface area contributed by atoms with E-state index in [1.54, 1.807) is 43.8 Å². The van der Waals surface area contributed by atoms with E-state index in [4.69, 9.17) is 15.2 Å². The maximum Gasteiger partial charge on any atom is 0.196 e. The second kappa shape index (κ2) is 6.01. The van der Waals surface area contributed by atoms with Crippen LogP contribution in [0, 0.1) is 0 Å². The maximum atomic E-state index is 12.9. The molecule has 1 aliphatic carbocycles. The number of ketones is 1. The summed E-state index contributed by atoms with van der Waals surface area (Å²) in [4.78, 5) is 14.2. The van der Waals surface area contributed by atoms with Gasteiger partial charge in [0, 0.05) is 10.4 Å². The van der Waals surface area contributed by atoms with Gasteiger partial charge >= 0.3 is 0 Å². The highest BCUT2D eigenvalue weighted by molar-refractivity contribution is 7.16. The molecule has 0 bridgehead atoms. The predicted molar refractivity (Wildman–Crippen MR) is 88.4 cm³/mol. The standard InChI is InChI=1S/C17H19NO3S/c1-20-12-8-7-10(9-13(12)21-2)16(19)15-11-5-3-4-6-14(11)22-17(15)18/h7-9H,3-6,18H2,1-2H3. The van der Waals surface area contributed by atoms with Gasteiger partial charge in [-0.15, -0.1) is 11.3 Å². The van der Waals surface area contributed by atoms with Crippen LogP contribution in [0.2, 0.25) is 0 Å². The van der Waals surface area contributed by atoms with Crippen molar-refractivity contribution in [3.63, 3.8) is 0 Å². The average molecular weight is 317 g/mol. The Labute approximate surface area is 133 Å². The SMILES string of the molecule is COc1ccc(C(=O)c2c(N)sc3c2CCCC3)cc1OC. The van der Waals surface area contributed by atoms with Gasteiger partial charge in [-0.3, -0.25) is 4.79 Å².